The number of hydrogen-bond donors (Lipinski definition) is 1. The van der Waals surface area contributed by atoms with Crippen molar-refractivity contribution in [3.63, 3.8) is 0 Å². The average molecular weight is 306 g/mol. The molecule has 1 atom stereocenters. The smallest absolute Gasteiger partial charge is 0.320 e. The number of methoxy groups -OCH3 is 1. The molecule has 1 heterocycles. The van der Waals surface area contributed by atoms with Gasteiger partial charge in [0.25, 0.3) is 0 Å². The molecule has 0 spiro atoms. The first-order valence-corrected chi connectivity index (χ1v) is 7.39. The molecule has 6 heteroatoms. The van der Waals surface area contributed by atoms with Crippen LogP contribution in [0.3, 0.4) is 0 Å². The minimum Gasteiger partial charge on any atom is -0.497 e. The molecular formula is C16H22N2O4. The van der Waals surface area contributed by atoms with Gasteiger partial charge in [-0.2, -0.15) is 0 Å². The Morgan fingerprint density at radius 3 is 2.55 bits per heavy atom. The van der Waals surface area contributed by atoms with Crippen molar-refractivity contribution >= 4 is 11.9 Å². The number of benzene rings is 1. The maximum absolute atomic E-state index is 12.3. The summed E-state index contributed by atoms with van der Waals surface area (Å²) in [6, 6.07) is 6.98. The van der Waals surface area contributed by atoms with Crippen LogP contribution in [0.25, 0.3) is 0 Å². The van der Waals surface area contributed by atoms with Crippen molar-refractivity contribution in [1.82, 2.24) is 9.80 Å². The maximum Gasteiger partial charge on any atom is 0.320 e. The zero-order chi connectivity index (χ0) is 16.1. The molecular weight excluding hydrogens is 284 g/mol. The van der Waals surface area contributed by atoms with Crippen LogP contribution in [0, 0.1) is 0 Å². The van der Waals surface area contributed by atoms with Gasteiger partial charge >= 0.3 is 5.97 Å². The van der Waals surface area contributed by atoms with E-state index >= 15 is 0 Å². The van der Waals surface area contributed by atoms with Crippen LogP contribution in [0.15, 0.2) is 24.3 Å². The lowest BCUT2D eigenvalue weighted by Gasteiger charge is -2.36. The Kier molecular flexibility index (Phi) is 5.38. The Morgan fingerprint density at radius 1 is 1.27 bits per heavy atom. The second kappa shape index (κ2) is 7.26. The molecule has 0 radical (unpaired) electrons. The lowest BCUT2D eigenvalue weighted by Crippen LogP contribution is -2.53. The van der Waals surface area contributed by atoms with E-state index in [4.69, 9.17) is 9.84 Å². The molecule has 1 aliphatic heterocycles. The van der Waals surface area contributed by atoms with Gasteiger partial charge in [0.05, 0.1) is 13.5 Å². The third kappa shape index (κ3) is 3.98. The number of amides is 1. The summed E-state index contributed by atoms with van der Waals surface area (Å²) in [7, 11) is 1.60. The summed E-state index contributed by atoms with van der Waals surface area (Å²) >= 11 is 0. The molecule has 1 aliphatic rings. The molecule has 22 heavy (non-hydrogen) atoms. The second-order valence-corrected chi connectivity index (χ2v) is 5.46. The minimum atomic E-state index is -0.823. The standard InChI is InChI=1S/C16H22N2O4/c1-12(16(20)21)17-6-8-18(9-7-17)15(19)11-13-4-3-5-14(10-13)22-2/h3-5,10,12H,6-9,11H2,1-2H3,(H,20,21)/t12-/m1/s1. The Balaban J connectivity index is 1.88. The van der Waals surface area contributed by atoms with Crippen molar-refractivity contribution in [3.05, 3.63) is 29.8 Å². The van der Waals surface area contributed by atoms with E-state index < -0.39 is 12.0 Å². The molecule has 1 saturated heterocycles. The number of rotatable bonds is 5. The summed E-state index contributed by atoms with van der Waals surface area (Å²) in [5.41, 5.74) is 0.922. The first-order chi connectivity index (χ1) is 10.5. The molecule has 0 unspecified atom stereocenters. The fraction of sp³-hybridized carbons (Fsp3) is 0.500. The number of carboxylic acids is 1. The van der Waals surface area contributed by atoms with Gasteiger partial charge in [0.1, 0.15) is 11.8 Å². The quantitative estimate of drug-likeness (QED) is 0.873. The van der Waals surface area contributed by atoms with Gasteiger partial charge in [-0.1, -0.05) is 12.1 Å². The molecule has 1 amide bonds. The van der Waals surface area contributed by atoms with Gasteiger partial charge in [-0.25, -0.2) is 0 Å². The summed E-state index contributed by atoms with van der Waals surface area (Å²) in [6.45, 7) is 4.01. The van der Waals surface area contributed by atoms with Crippen LogP contribution >= 0.6 is 0 Å². The predicted molar refractivity (Wildman–Crippen MR) is 81.9 cm³/mol. The number of carboxylic acid groups (broad SMARTS) is 1. The van der Waals surface area contributed by atoms with Crippen LogP contribution in [-0.2, 0) is 16.0 Å². The zero-order valence-corrected chi connectivity index (χ0v) is 13.0. The molecule has 1 N–H and O–H groups in total. The van der Waals surface area contributed by atoms with Gasteiger partial charge in [-0.05, 0) is 24.6 Å². The van der Waals surface area contributed by atoms with Crippen molar-refractivity contribution < 1.29 is 19.4 Å². The first-order valence-electron chi connectivity index (χ1n) is 7.39. The lowest BCUT2D eigenvalue weighted by atomic mass is 10.1. The van der Waals surface area contributed by atoms with E-state index in [0.717, 1.165) is 11.3 Å². The van der Waals surface area contributed by atoms with Gasteiger partial charge in [0.15, 0.2) is 0 Å². The van der Waals surface area contributed by atoms with Gasteiger partial charge in [-0.3, -0.25) is 14.5 Å². The van der Waals surface area contributed by atoms with Crippen LogP contribution in [0.2, 0.25) is 0 Å². The summed E-state index contributed by atoms with van der Waals surface area (Å²) in [5, 5.41) is 9.02. The average Bonchev–Trinajstić information content (AvgIpc) is 2.54. The fourth-order valence-corrected chi connectivity index (χ4v) is 2.58. The Bertz CT molecular complexity index is 539. The number of ether oxygens (including phenoxy) is 1. The largest absolute Gasteiger partial charge is 0.497 e. The van der Waals surface area contributed by atoms with E-state index in [2.05, 4.69) is 0 Å². The predicted octanol–water partition coefficient (Wildman–Crippen LogP) is 0.855. The van der Waals surface area contributed by atoms with E-state index in [-0.39, 0.29) is 5.91 Å². The highest BCUT2D eigenvalue weighted by Crippen LogP contribution is 2.14. The molecule has 0 aliphatic carbocycles. The molecule has 1 aromatic rings. The molecule has 1 aromatic carbocycles. The normalized spacial score (nSPS) is 17.1. The molecule has 6 nitrogen and oxygen atoms in total. The van der Waals surface area contributed by atoms with Gasteiger partial charge < -0.3 is 14.7 Å². The Labute approximate surface area is 130 Å². The summed E-state index contributed by atoms with van der Waals surface area (Å²) < 4.78 is 5.16. The molecule has 2 rings (SSSR count). The van der Waals surface area contributed by atoms with E-state index in [9.17, 15) is 9.59 Å². The Hall–Kier alpha value is -2.08. The number of nitrogens with zero attached hydrogens (tertiary/aromatic N) is 2. The second-order valence-electron chi connectivity index (χ2n) is 5.46. The van der Waals surface area contributed by atoms with Crippen LogP contribution < -0.4 is 4.74 Å². The van der Waals surface area contributed by atoms with Crippen molar-refractivity contribution in [2.45, 2.75) is 19.4 Å². The Morgan fingerprint density at radius 2 is 1.95 bits per heavy atom. The highest BCUT2D eigenvalue weighted by Gasteiger charge is 2.27. The third-order valence-corrected chi connectivity index (χ3v) is 4.06. The lowest BCUT2D eigenvalue weighted by molar-refractivity contribution is -0.144. The van der Waals surface area contributed by atoms with Crippen molar-refractivity contribution in [2.75, 3.05) is 33.3 Å². The topological polar surface area (TPSA) is 70.1 Å². The van der Waals surface area contributed by atoms with Crippen molar-refractivity contribution in [1.29, 1.82) is 0 Å². The molecule has 1 fully saturated rings. The van der Waals surface area contributed by atoms with Crippen LogP contribution in [-0.4, -0.2) is 66.1 Å². The number of hydrogen-bond acceptors (Lipinski definition) is 4. The third-order valence-electron chi connectivity index (χ3n) is 4.06. The zero-order valence-electron chi connectivity index (χ0n) is 13.0. The van der Waals surface area contributed by atoms with E-state index in [1.807, 2.05) is 29.2 Å². The number of aliphatic carboxylic acids is 1. The number of carbonyl (C=O) groups excluding carboxylic acids is 1. The number of carbonyl (C=O) groups is 2. The van der Waals surface area contributed by atoms with Crippen LogP contribution in [0.1, 0.15) is 12.5 Å². The maximum atomic E-state index is 12.3. The first kappa shape index (κ1) is 16.3. The van der Waals surface area contributed by atoms with E-state index in [1.165, 1.54) is 0 Å². The SMILES string of the molecule is COc1cccc(CC(=O)N2CCN([C@H](C)C(=O)O)CC2)c1. The molecule has 0 saturated carbocycles. The van der Waals surface area contributed by atoms with Gasteiger partial charge in [-0.15, -0.1) is 0 Å². The highest BCUT2D eigenvalue weighted by molar-refractivity contribution is 5.79. The highest BCUT2D eigenvalue weighted by atomic mass is 16.5. The fourth-order valence-electron chi connectivity index (χ4n) is 2.58. The van der Waals surface area contributed by atoms with Gasteiger partial charge in [0, 0.05) is 26.2 Å². The summed E-state index contributed by atoms with van der Waals surface area (Å²) in [4.78, 5) is 27.0. The van der Waals surface area contributed by atoms with E-state index in [0.29, 0.717) is 32.6 Å². The minimum absolute atomic E-state index is 0.0656. The van der Waals surface area contributed by atoms with E-state index in [1.54, 1.807) is 18.9 Å². The van der Waals surface area contributed by atoms with Crippen LogP contribution in [0.4, 0.5) is 0 Å². The van der Waals surface area contributed by atoms with Gasteiger partial charge in [0.2, 0.25) is 5.91 Å². The summed E-state index contributed by atoms with van der Waals surface area (Å²) in [5.74, 6) is -0.0163. The number of piperazine rings is 1. The summed E-state index contributed by atoms with van der Waals surface area (Å²) in [6.07, 6.45) is 0.339. The monoisotopic (exact) mass is 306 g/mol. The van der Waals surface area contributed by atoms with Crippen molar-refractivity contribution in [2.24, 2.45) is 0 Å². The molecule has 0 bridgehead atoms. The molecule has 0 aromatic heterocycles. The molecule has 120 valence electrons. The van der Waals surface area contributed by atoms with Crippen molar-refractivity contribution in [3.8, 4) is 5.75 Å². The van der Waals surface area contributed by atoms with Crippen LogP contribution in [0.5, 0.6) is 5.75 Å².